The minimum atomic E-state index is -1.30. The number of oxime groups is 1. The van der Waals surface area contributed by atoms with E-state index in [0.717, 1.165) is 16.2 Å². The summed E-state index contributed by atoms with van der Waals surface area (Å²) in [7, 11) is 0. The van der Waals surface area contributed by atoms with Crippen molar-refractivity contribution in [2.45, 2.75) is 11.4 Å². The molecule has 0 spiro atoms. The molecule has 1 fully saturated rings. The topological polar surface area (TPSA) is 173 Å². The second kappa shape index (κ2) is 11.0. The highest BCUT2D eigenvalue weighted by molar-refractivity contribution is 8.00. The number of rotatable bonds is 7. The van der Waals surface area contributed by atoms with Crippen molar-refractivity contribution in [2.75, 3.05) is 24.6 Å². The van der Waals surface area contributed by atoms with Crippen LogP contribution in [-0.4, -0.2) is 68.8 Å². The monoisotopic (exact) mass is 518 g/mol. The standard InChI is InChI=1S/C14H15ClN6O5S2.2ClH/c15-5-3-27-12-8(11(23)21(12)9(5)13(24)25)19-10(22)7(20-26-2-1-16)6-4-28-14(17)18-6;;/h4,8,12H,1-3,16H2,(H2,17,18)(H,19,22)(H,24,25);2*1H/t8?,12-;;/m0../s1. The Morgan fingerprint density at radius 2 is 2.17 bits per heavy atom. The lowest BCUT2D eigenvalue weighted by atomic mass is 10.0. The van der Waals surface area contributed by atoms with E-state index < -0.39 is 29.2 Å². The van der Waals surface area contributed by atoms with Crippen molar-refractivity contribution in [3.8, 4) is 0 Å². The van der Waals surface area contributed by atoms with Crippen LogP contribution in [-0.2, 0) is 19.2 Å². The van der Waals surface area contributed by atoms with Crippen molar-refractivity contribution in [3.63, 3.8) is 0 Å². The average Bonchev–Trinajstić information content (AvgIpc) is 3.08. The molecule has 2 aliphatic rings. The van der Waals surface area contributed by atoms with Gasteiger partial charge in [0.2, 0.25) is 0 Å². The summed E-state index contributed by atoms with van der Waals surface area (Å²) in [5, 5.41) is 16.8. The number of nitrogen functional groups attached to an aromatic ring is 1. The summed E-state index contributed by atoms with van der Waals surface area (Å²) >= 11 is 8.28. The molecule has 0 aromatic carbocycles. The Labute approximate surface area is 196 Å². The maximum atomic E-state index is 12.7. The van der Waals surface area contributed by atoms with Gasteiger partial charge in [-0.1, -0.05) is 16.8 Å². The van der Waals surface area contributed by atoms with Crippen molar-refractivity contribution in [1.82, 2.24) is 15.2 Å². The molecular formula is C14H17Cl3N6O5S2. The van der Waals surface area contributed by atoms with Crippen molar-refractivity contribution in [3.05, 3.63) is 21.8 Å². The quantitative estimate of drug-likeness (QED) is 0.170. The number of hydrogen-bond donors (Lipinski definition) is 4. The molecule has 166 valence electrons. The second-order valence-electron chi connectivity index (χ2n) is 5.55. The molecule has 1 unspecified atom stereocenters. The Bertz CT molecular complexity index is 895. The van der Waals surface area contributed by atoms with Crippen LogP contribution in [0.1, 0.15) is 5.69 Å². The number of carboxylic acids is 1. The molecule has 0 radical (unpaired) electrons. The van der Waals surface area contributed by atoms with Gasteiger partial charge in [-0.15, -0.1) is 47.9 Å². The van der Waals surface area contributed by atoms with Crippen LogP contribution in [0.4, 0.5) is 5.13 Å². The number of carboxylic acid groups (broad SMARTS) is 1. The van der Waals surface area contributed by atoms with Crippen LogP contribution in [0, 0.1) is 0 Å². The Kier molecular flexibility index (Phi) is 9.65. The highest BCUT2D eigenvalue weighted by atomic mass is 35.5. The summed E-state index contributed by atoms with van der Waals surface area (Å²) in [4.78, 5) is 46.5. The Hall–Kier alpha value is -1.77. The number of nitrogens with one attached hydrogen (secondary N) is 1. The first-order valence-electron chi connectivity index (χ1n) is 7.84. The molecule has 0 saturated carbocycles. The van der Waals surface area contributed by atoms with Gasteiger partial charge in [0.15, 0.2) is 10.8 Å². The summed E-state index contributed by atoms with van der Waals surface area (Å²) in [6, 6.07) is -0.938. The highest BCUT2D eigenvalue weighted by Gasteiger charge is 2.54. The smallest absolute Gasteiger partial charge is 0.353 e. The van der Waals surface area contributed by atoms with Gasteiger partial charge in [-0.25, -0.2) is 9.78 Å². The van der Waals surface area contributed by atoms with Crippen LogP contribution >= 0.6 is 59.5 Å². The van der Waals surface area contributed by atoms with Crippen molar-refractivity contribution < 1.29 is 24.3 Å². The molecule has 3 heterocycles. The van der Waals surface area contributed by atoms with Gasteiger partial charge in [0.05, 0.1) is 5.03 Å². The number of carbonyl (C=O) groups is 3. The molecule has 2 aliphatic heterocycles. The molecule has 16 heteroatoms. The first-order valence-corrected chi connectivity index (χ1v) is 10.1. The van der Waals surface area contributed by atoms with Gasteiger partial charge in [-0.05, 0) is 0 Å². The van der Waals surface area contributed by atoms with E-state index >= 15 is 0 Å². The number of amides is 2. The van der Waals surface area contributed by atoms with Gasteiger partial charge in [0.1, 0.15) is 29.4 Å². The van der Waals surface area contributed by atoms with Gasteiger partial charge in [0, 0.05) is 17.7 Å². The number of halogens is 3. The Morgan fingerprint density at radius 1 is 1.47 bits per heavy atom. The number of aromatic nitrogens is 1. The van der Waals surface area contributed by atoms with E-state index in [1.54, 1.807) is 0 Å². The van der Waals surface area contributed by atoms with Gasteiger partial charge in [-0.2, -0.15) is 0 Å². The van der Waals surface area contributed by atoms with E-state index in [1.807, 2.05) is 0 Å². The van der Waals surface area contributed by atoms with Gasteiger partial charge in [0.25, 0.3) is 11.8 Å². The molecular weight excluding hydrogens is 503 g/mol. The number of thioether (sulfide) groups is 1. The zero-order chi connectivity index (χ0) is 20.4. The summed E-state index contributed by atoms with van der Waals surface area (Å²) in [6.45, 7) is 0.272. The normalized spacial score (nSPS) is 20.4. The van der Waals surface area contributed by atoms with Crippen molar-refractivity contribution in [1.29, 1.82) is 0 Å². The Morgan fingerprint density at radius 3 is 2.73 bits per heavy atom. The van der Waals surface area contributed by atoms with Crippen LogP contribution in [0.25, 0.3) is 0 Å². The molecule has 3 rings (SSSR count). The molecule has 11 nitrogen and oxygen atoms in total. The number of carbonyl (C=O) groups excluding carboxylic acids is 2. The lowest BCUT2D eigenvalue weighted by molar-refractivity contribution is -0.150. The van der Waals surface area contributed by atoms with E-state index in [1.165, 1.54) is 17.1 Å². The third-order valence-electron chi connectivity index (χ3n) is 3.76. The average molecular weight is 520 g/mol. The summed E-state index contributed by atoms with van der Waals surface area (Å²) in [6.07, 6.45) is 0. The lowest BCUT2D eigenvalue weighted by Gasteiger charge is -2.48. The number of fused-ring (bicyclic) bond motifs is 1. The number of hydrogen-bond acceptors (Lipinski definition) is 10. The van der Waals surface area contributed by atoms with E-state index in [0.29, 0.717) is 0 Å². The predicted octanol–water partition coefficient (Wildman–Crippen LogP) is 0.183. The molecule has 1 aromatic rings. The van der Waals surface area contributed by atoms with E-state index in [9.17, 15) is 19.5 Å². The summed E-state index contributed by atoms with van der Waals surface area (Å²) in [5.74, 6) is -2.38. The number of nitrogens with two attached hydrogens (primary N) is 2. The second-order valence-corrected chi connectivity index (χ2v) is 8.00. The number of anilines is 1. The van der Waals surface area contributed by atoms with E-state index in [-0.39, 0.29) is 71.0 Å². The fourth-order valence-corrected chi connectivity index (χ4v) is 4.65. The van der Waals surface area contributed by atoms with Gasteiger partial charge in [-0.3, -0.25) is 14.5 Å². The maximum Gasteiger partial charge on any atom is 0.353 e. The fraction of sp³-hybridized carbons (Fsp3) is 0.357. The molecule has 30 heavy (non-hydrogen) atoms. The minimum Gasteiger partial charge on any atom is -0.477 e. The first-order chi connectivity index (χ1) is 13.3. The van der Waals surface area contributed by atoms with E-state index in [2.05, 4.69) is 15.5 Å². The molecule has 6 N–H and O–H groups in total. The first kappa shape index (κ1) is 26.3. The molecule has 0 bridgehead atoms. The van der Waals surface area contributed by atoms with Crippen LogP contribution in [0.5, 0.6) is 0 Å². The largest absolute Gasteiger partial charge is 0.477 e. The van der Waals surface area contributed by atoms with Crippen LogP contribution in [0.2, 0.25) is 0 Å². The van der Waals surface area contributed by atoms with E-state index in [4.69, 9.17) is 27.9 Å². The number of nitrogens with zero attached hydrogens (tertiary/aromatic N) is 3. The summed E-state index contributed by atoms with van der Waals surface area (Å²) in [5.41, 5.74) is 10.7. The van der Waals surface area contributed by atoms with Crippen LogP contribution < -0.4 is 16.8 Å². The third kappa shape index (κ3) is 5.10. The molecule has 1 saturated heterocycles. The zero-order valence-electron chi connectivity index (χ0n) is 14.9. The van der Waals surface area contributed by atoms with Crippen molar-refractivity contribution in [2.24, 2.45) is 10.9 Å². The molecule has 0 aliphatic carbocycles. The Balaban J connectivity index is 0.00000225. The van der Waals surface area contributed by atoms with Crippen molar-refractivity contribution >= 4 is 88.1 Å². The molecule has 2 amide bonds. The molecule has 2 atom stereocenters. The predicted molar refractivity (Wildman–Crippen MR) is 118 cm³/mol. The van der Waals surface area contributed by atoms with Gasteiger partial charge >= 0.3 is 5.97 Å². The zero-order valence-corrected chi connectivity index (χ0v) is 19.0. The van der Waals surface area contributed by atoms with Gasteiger partial charge < -0.3 is 26.7 Å². The van der Waals surface area contributed by atoms with Crippen LogP contribution in [0.15, 0.2) is 21.3 Å². The minimum absolute atomic E-state index is 0. The molecule has 1 aromatic heterocycles. The fourth-order valence-electron chi connectivity index (χ4n) is 2.56. The third-order valence-corrected chi connectivity index (χ3v) is 6.18. The maximum absolute atomic E-state index is 12.7. The summed E-state index contributed by atoms with van der Waals surface area (Å²) < 4.78 is 0. The lowest BCUT2D eigenvalue weighted by Crippen LogP contribution is -2.71. The van der Waals surface area contributed by atoms with Crippen LogP contribution in [0.3, 0.4) is 0 Å². The number of thiazole rings is 1. The number of β-lactam (4-membered cyclic amide) rings is 1. The SMILES string of the molecule is Cl.Cl.NCCON=C(C(=O)NC1C(=O)N2C(C(=O)O)=C(Cl)CS[C@@H]12)c1csc(N)n1. The highest BCUT2D eigenvalue weighted by Crippen LogP contribution is 2.41. The number of aliphatic carboxylic acids is 1.